The second-order valence-corrected chi connectivity index (χ2v) is 9.79. The number of hydrogen-bond donors (Lipinski definition) is 2. The van der Waals surface area contributed by atoms with E-state index in [-0.39, 0.29) is 0 Å². The van der Waals surface area contributed by atoms with Gasteiger partial charge in [-0.3, -0.25) is 9.78 Å². The van der Waals surface area contributed by atoms with Gasteiger partial charge in [0.25, 0.3) is 5.56 Å². The first-order valence-electron chi connectivity index (χ1n) is 8.67. The Hall–Kier alpha value is -2.46. The van der Waals surface area contributed by atoms with E-state index in [0.717, 1.165) is 31.5 Å². The summed E-state index contributed by atoms with van der Waals surface area (Å²) in [4.78, 5) is 31.2. The number of anilines is 1. The van der Waals surface area contributed by atoms with Crippen LogP contribution in [0.5, 0.6) is 0 Å². The van der Waals surface area contributed by atoms with E-state index in [1.165, 1.54) is 22.7 Å². The van der Waals surface area contributed by atoms with Crippen molar-refractivity contribution in [3.8, 4) is 16.3 Å². The molecule has 0 atom stereocenters. The minimum Gasteiger partial charge on any atom is -0.391 e. The van der Waals surface area contributed by atoms with Crippen LogP contribution in [0.25, 0.3) is 16.3 Å². The molecular weight excluding hydrogens is 465 g/mol. The van der Waals surface area contributed by atoms with Crippen molar-refractivity contribution in [1.29, 1.82) is 0 Å². The number of hydrogen-bond acceptors (Lipinski definition) is 7. The number of halogens is 2. The van der Waals surface area contributed by atoms with Gasteiger partial charge < -0.3 is 5.73 Å². The highest BCUT2D eigenvalue weighted by Crippen LogP contribution is 2.43. The number of thiophene rings is 1. The molecule has 4 aromatic rings. The zero-order valence-corrected chi connectivity index (χ0v) is 18.9. The maximum Gasteiger partial charge on any atom is 0.349 e. The van der Waals surface area contributed by atoms with Crippen LogP contribution in [0.1, 0.15) is 24.4 Å². The molecule has 0 saturated heterocycles. The molecule has 0 amide bonds. The van der Waals surface area contributed by atoms with E-state index in [1.54, 1.807) is 12.1 Å². The second-order valence-electron chi connectivity index (χ2n) is 7.00. The fourth-order valence-corrected chi connectivity index (χ4v) is 5.80. The van der Waals surface area contributed by atoms with Crippen LogP contribution in [0, 0.1) is 0 Å². The van der Waals surface area contributed by atoms with E-state index in [4.69, 9.17) is 33.9 Å². The molecule has 11 heteroatoms. The number of H-pyrrole nitrogens is 1. The molecule has 3 heterocycles. The predicted molar refractivity (Wildman–Crippen MR) is 122 cm³/mol. The Kier molecular flexibility index (Phi) is 5.31. The number of thiazole rings is 1. The van der Waals surface area contributed by atoms with E-state index in [1.807, 2.05) is 31.4 Å². The molecule has 3 N–H and O–H groups in total. The van der Waals surface area contributed by atoms with Gasteiger partial charge >= 0.3 is 5.69 Å². The van der Waals surface area contributed by atoms with Gasteiger partial charge in [-0.05, 0) is 38.1 Å². The van der Waals surface area contributed by atoms with Crippen LogP contribution < -0.4 is 17.0 Å². The average molecular weight is 480 g/mol. The van der Waals surface area contributed by atoms with Gasteiger partial charge in [0.1, 0.15) is 11.2 Å². The molecule has 154 valence electrons. The quantitative estimate of drug-likeness (QED) is 0.453. The maximum absolute atomic E-state index is 12.0. The second kappa shape index (κ2) is 7.66. The van der Waals surface area contributed by atoms with Gasteiger partial charge in [-0.25, -0.2) is 9.78 Å². The zero-order valence-electron chi connectivity index (χ0n) is 15.8. The number of nitrogen functional groups attached to an aromatic ring is 1. The summed E-state index contributed by atoms with van der Waals surface area (Å²) >= 11 is 16.2. The molecule has 0 radical (unpaired) electrons. The van der Waals surface area contributed by atoms with Gasteiger partial charge in [-0.15, -0.1) is 22.7 Å². The van der Waals surface area contributed by atoms with Crippen LogP contribution in [0.15, 0.2) is 45.4 Å². The van der Waals surface area contributed by atoms with Crippen molar-refractivity contribution in [3.63, 3.8) is 0 Å². The third-order valence-corrected chi connectivity index (χ3v) is 7.23. The summed E-state index contributed by atoms with van der Waals surface area (Å²) in [5.41, 5.74) is 5.84. The van der Waals surface area contributed by atoms with Gasteiger partial charge in [-0.1, -0.05) is 23.2 Å². The number of nitrogens with two attached hydrogens (primary N) is 1. The molecule has 0 saturated carbocycles. The first-order valence-corrected chi connectivity index (χ1v) is 11.1. The Morgan fingerprint density at radius 3 is 2.47 bits per heavy atom. The minimum atomic E-state index is -0.679. The molecule has 1 aromatic carbocycles. The number of benzene rings is 1. The highest BCUT2D eigenvalue weighted by atomic mass is 35.5. The Balaban J connectivity index is 1.77. The molecule has 0 aliphatic carbocycles. The van der Waals surface area contributed by atoms with Crippen LogP contribution >= 0.6 is 45.9 Å². The maximum atomic E-state index is 12.0. The predicted octanol–water partition coefficient (Wildman–Crippen LogP) is 4.32. The number of nitrogens with one attached hydrogen (secondary N) is 1. The van der Waals surface area contributed by atoms with E-state index in [9.17, 15) is 9.59 Å². The van der Waals surface area contributed by atoms with Gasteiger partial charge in [0, 0.05) is 26.4 Å². The third-order valence-electron chi connectivity index (χ3n) is 4.53. The number of aromatic amines is 1. The normalized spacial score (nSPS) is 11.7. The number of nitrogens with zero attached hydrogens (tertiary/aromatic N) is 3. The molecule has 7 nitrogen and oxygen atoms in total. The van der Waals surface area contributed by atoms with Crippen LogP contribution in [0.4, 0.5) is 5.00 Å². The van der Waals surface area contributed by atoms with Gasteiger partial charge in [0.2, 0.25) is 0 Å². The molecule has 0 aliphatic rings. The van der Waals surface area contributed by atoms with Crippen molar-refractivity contribution in [1.82, 2.24) is 19.7 Å². The first kappa shape index (κ1) is 20.8. The first-order chi connectivity index (χ1) is 14.2. The lowest BCUT2D eigenvalue weighted by Gasteiger charge is -2.25. The molecule has 0 bridgehead atoms. The van der Waals surface area contributed by atoms with E-state index < -0.39 is 16.7 Å². The highest BCUT2D eigenvalue weighted by molar-refractivity contribution is 7.19. The van der Waals surface area contributed by atoms with Crippen molar-refractivity contribution in [2.45, 2.75) is 19.3 Å². The molecule has 0 fully saturated rings. The van der Waals surface area contributed by atoms with E-state index in [2.05, 4.69) is 10.1 Å². The lowest BCUT2D eigenvalue weighted by atomic mass is 9.85. The summed E-state index contributed by atoms with van der Waals surface area (Å²) < 4.78 is 1.03. The molecule has 0 aliphatic heterocycles. The van der Waals surface area contributed by atoms with Crippen LogP contribution in [-0.2, 0) is 5.41 Å². The summed E-state index contributed by atoms with van der Waals surface area (Å²) in [5, 5.41) is 8.10. The third kappa shape index (κ3) is 3.69. The summed E-state index contributed by atoms with van der Waals surface area (Å²) in [7, 11) is 0. The van der Waals surface area contributed by atoms with E-state index >= 15 is 0 Å². The standard InChI is InChI=1S/C19H15Cl2N5O2S2/c1-19(2,17-24-12(8-29-17)13-3-4-14(22)30-13)16-10(20)5-9(6-11(16)21)26-18(28)25-15(27)7-23-26/h3-8H,22H2,1-2H3,(H,25,27,28). The van der Waals surface area contributed by atoms with Crippen molar-refractivity contribution in [2.24, 2.45) is 0 Å². The number of rotatable bonds is 4. The van der Waals surface area contributed by atoms with Crippen LogP contribution in [0.2, 0.25) is 10.0 Å². The minimum absolute atomic E-state index is 0.347. The molecule has 0 unspecified atom stereocenters. The molecular formula is C19H15Cl2N5O2S2. The topological polar surface area (TPSA) is 107 Å². The van der Waals surface area contributed by atoms with Crippen molar-refractivity contribution in [2.75, 3.05) is 5.73 Å². The Bertz CT molecular complexity index is 1350. The molecule has 3 aromatic heterocycles. The van der Waals surface area contributed by atoms with Gasteiger partial charge in [0.15, 0.2) is 0 Å². The SMILES string of the molecule is CC(C)(c1nc(-c2ccc(N)s2)cs1)c1c(Cl)cc(-n2ncc(=O)[nH]c2=O)cc1Cl. The summed E-state index contributed by atoms with van der Waals surface area (Å²) in [6, 6.07) is 6.97. The fraction of sp³-hybridized carbons (Fsp3) is 0.158. The lowest BCUT2D eigenvalue weighted by molar-refractivity contribution is 0.635. The average Bonchev–Trinajstić information content (AvgIpc) is 3.30. The van der Waals surface area contributed by atoms with Gasteiger partial charge in [0.05, 0.1) is 21.3 Å². The van der Waals surface area contributed by atoms with Gasteiger partial charge in [-0.2, -0.15) is 9.78 Å². The highest BCUT2D eigenvalue weighted by Gasteiger charge is 2.32. The van der Waals surface area contributed by atoms with Crippen LogP contribution in [-0.4, -0.2) is 19.7 Å². The molecule has 0 spiro atoms. The van der Waals surface area contributed by atoms with Crippen LogP contribution in [0.3, 0.4) is 0 Å². The number of aromatic nitrogens is 4. The summed E-state index contributed by atoms with van der Waals surface area (Å²) in [6.07, 6.45) is 1.01. The van der Waals surface area contributed by atoms with Crippen molar-refractivity contribution in [3.05, 3.63) is 77.3 Å². The monoisotopic (exact) mass is 479 g/mol. The Morgan fingerprint density at radius 1 is 1.17 bits per heavy atom. The van der Waals surface area contributed by atoms with E-state index in [0.29, 0.717) is 21.3 Å². The molecule has 4 rings (SSSR count). The summed E-state index contributed by atoms with van der Waals surface area (Å²) in [5.74, 6) is 0. The smallest absolute Gasteiger partial charge is 0.349 e. The van der Waals surface area contributed by atoms with Crippen molar-refractivity contribution >= 4 is 50.9 Å². The summed E-state index contributed by atoms with van der Waals surface area (Å²) in [6.45, 7) is 3.96. The Morgan fingerprint density at radius 2 is 1.87 bits per heavy atom. The zero-order chi connectivity index (χ0) is 21.6. The van der Waals surface area contributed by atoms with Crippen molar-refractivity contribution < 1.29 is 0 Å². The fourth-order valence-electron chi connectivity index (χ4n) is 3.09. The largest absolute Gasteiger partial charge is 0.391 e. The molecule has 30 heavy (non-hydrogen) atoms. The Labute approximate surface area is 188 Å². The lowest BCUT2D eigenvalue weighted by Crippen LogP contribution is -2.30.